The Morgan fingerprint density at radius 2 is 0.618 bits per heavy atom. The maximum Gasteiger partial charge on any atom is 0.306 e. The van der Waals surface area contributed by atoms with E-state index in [1.165, 1.54) is 103 Å². The molecule has 0 radical (unpaired) electrons. The van der Waals surface area contributed by atoms with Crippen LogP contribution in [0.25, 0.3) is 0 Å². The Kier molecular flexibility index (Phi) is 42.4. The van der Waals surface area contributed by atoms with Crippen molar-refractivity contribution in [1.29, 1.82) is 0 Å². The Morgan fingerprint density at radius 3 is 0.964 bits per heavy atom. The highest BCUT2D eigenvalue weighted by Crippen LogP contribution is 2.14. The van der Waals surface area contributed by atoms with E-state index in [1.54, 1.807) is 0 Å². The Labute approximate surface area is 340 Å². The molecule has 0 heterocycles. The van der Waals surface area contributed by atoms with Gasteiger partial charge in [-0.25, -0.2) is 0 Å². The molecule has 6 nitrogen and oxygen atoms in total. The molecule has 1 unspecified atom stereocenters. The summed E-state index contributed by atoms with van der Waals surface area (Å²) in [6, 6.07) is 0. The van der Waals surface area contributed by atoms with E-state index in [4.69, 9.17) is 14.2 Å². The van der Waals surface area contributed by atoms with Crippen molar-refractivity contribution < 1.29 is 28.6 Å². The van der Waals surface area contributed by atoms with E-state index in [9.17, 15) is 14.4 Å². The van der Waals surface area contributed by atoms with Gasteiger partial charge in [0.05, 0.1) is 0 Å². The van der Waals surface area contributed by atoms with Crippen LogP contribution < -0.4 is 0 Å². The molecule has 0 aromatic heterocycles. The standard InChI is InChI=1S/C49H88O6/c1-4-7-10-13-16-19-22-23-24-25-26-27-28-31-33-36-39-42-48(51)54-45-46(55-49(52)43-40-37-34-30-21-18-15-12-9-6-3)44-53-47(50)41-38-35-32-29-20-17-14-11-8-5-2/h14-15,17-18,23-24,46H,4-13,16,19-22,25-45H2,1-3H3/b17-14-,18-15-,24-23-. The molecule has 0 bridgehead atoms. The monoisotopic (exact) mass is 773 g/mol. The quantitative estimate of drug-likeness (QED) is 0.0266. The lowest BCUT2D eigenvalue weighted by Crippen LogP contribution is -2.30. The molecule has 55 heavy (non-hydrogen) atoms. The summed E-state index contributed by atoms with van der Waals surface area (Å²) in [6.45, 7) is 6.52. The molecular formula is C49H88O6. The van der Waals surface area contributed by atoms with Crippen molar-refractivity contribution in [2.45, 2.75) is 245 Å². The van der Waals surface area contributed by atoms with Crippen molar-refractivity contribution in [3.05, 3.63) is 36.5 Å². The van der Waals surface area contributed by atoms with Gasteiger partial charge in [0.2, 0.25) is 0 Å². The van der Waals surface area contributed by atoms with Gasteiger partial charge >= 0.3 is 17.9 Å². The summed E-state index contributed by atoms with van der Waals surface area (Å²) in [5.41, 5.74) is 0. The molecule has 0 fully saturated rings. The highest BCUT2D eigenvalue weighted by atomic mass is 16.6. The highest BCUT2D eigenvalue weighted by molar-refractivity contribution is 5.71. The van der Waals surface area contributed by atoms with E-state index in [1.807, 2.05) is 0 Å². The van der Waals surface area contributed by atoms with E-state index in [2.05, 4.69) is 57.2 Å². The van der Waals surface area contributed by atoms with Crippen LogP contribution in [-0.2, 0) is 28.6 Å². The zero-order chi connectivity index (χ0) is 40.1. The molecule has 320 valence electrons. The number of esters is 3. The van der Waals surface area contributed by atoms with Crippen LogP contribution in [0.4, 0.5) is 0 Å². The van der Waals surface area contributed by atoms with Crippen molar-refractivity contribution in [2.75, 3.05) is 13.2 Å². The second kappa shape index (κ2) is 44.3. The van der Waals surface area contributed by atoms with Crippen LogP contribution in [0, 0.1) is 0 Å². The van der Waals surface area contributed by atoms with Crippen molar-refractivity contribution in [1.82, 2.24) is 0 Å². The number of ether oxygens (including phenoxy) is 3. The maximum atomic E-state index is 12.7. The Balaban J connectivity index is 4.32. The van der Waals surface area contributed by atoms with Gasteiger partial charge in [0.15, 0.2) is 6.10 Å². The van der Waals surface area contributed by atoms with E-state index in [-0.39, 0.29) is 31.1 Å². The smallest absolute Gasteiger partial charge is 0.306 e. The first-order valence-corrected chi connectivity index (χ1v) is 23.5. The number of carbonyl (C=O) groups is 3. The summed E-state index contributed by atoms with van der Waals surface area (Å²) in [6.07, 6.45) is 49.9. The van der Waals surface area contributed by atoms with Crippen LogP contribution in [0.2, 0.25) is 0 Å². The molecule has 0 aromatic carbocycles. The van der Waals surface area contributed by atoms with Crippen LogP contribution >= 0.6 is 0 Å². The summed E-state index contributed by atoms with van der Waals surface area (Å²) in [4.78, 5) is 37.7. The molecule has 1 atom stereocenters. The fraction of sp³-hybridized carbons (Fsp3) is 0.816. The predicted molar refractivity (Wildman–Crippen MR) is 233 cm³/mol. The molecule has 0 N–H and O–H groups in total. The normalized spacial score (nSPS) is 12.3. The minimum atomic E-state index is -0.779. The first kappa shape index (κ1) is 52.6. The summed E-state index contributed by atoms with van der Waals surface area (Å²) in [5.74, 6) is -0.913. The van der Waals surface area contributed by atoms with Crippen molar-refractivity contribution >= 4 is 17.9 Å². The average molecular weight is 773 g/mol. The van der Waals surface area contributed by atoms with Crippen LogP contribution in [0.15, 0.2) is 36.5 Å². The zero-order valence-corrected chi connectivity index (χ0v) is 36.4. The SMILES string of the molecule is CCCC/C=C\CCCCCCC(=O)OCC(COC(=O)CCCCCCCCC/C=C\CCCCCCCC)OC(=O)CCCCCC/C=C\CCCC. The number of allylic oxidation sites excluding steroid dienone is 6. The van der Waals surface area contributed by atoms with Crippen molar-refractivity contribution in [3.8, 4) is 0 Å². The number of rotatable bonds is 42. The molecule has 0 saturated carbocycles. The van der Waals surface area contributed by atoms with E-state index in [0.29, 0.717) is 19.3 Å². The summed E-state index contributed by atoms with van der Waals surface area (Å²) >= 11 is 0. The van der Waals surface area contributed by atoms with Crippen molar-refractivity contribution in [2.24, 2.45) is 0 Å². The lowest BCUT2D eigenvalue weighted by molar-refractivity contribution is -0.167. The van der Waals surface area contributed by atoms with Gasteiger partial charge < -0.3 is 14.2 Å². The fourth-order valence-corrected chi connectivity index (χ4v) is 6.46. The molecule has 0 rings (SSSR count). The third-order valence-corrected chi connectivity index (χ3v) is 10.1. The Morgan fingerprint density at radius 1 is 0.345 bits per heavy atom. The largest absolute Gasteiger partial charge is 0.462 e. The minimum Gasteiger partial charge on any atom is -0.462 e. The predicted octanol–water partition coefficient (Wildman–Crippen LogP) is 15.0. The van der Waals surface area contributed by atoms with Gasteiger partial charge in [-0.3, -0.25) is 14.4 Å². The van der Waals surface area contributed by atoms with Crippen LogP contribution in [0.1, 0.15) is 239 Å². The molecule has 0 saturated heterocycles. The van der Waals surface area contributed by atoms with Crippen LogP contribution in [0.3, 0.4) is 0 Å². The van der Waals surface area contributed by atoms with Crippen LogP contribution in [0.5, 0.6) is 0 Å². The molecule has 6 heteroatoms. The summed E-state index contributed by atoms with van der Waals surface area (Å²) < 4.78 is 16.7. The van der Waals surface area contributed by atoms with Gasteiger partial charge in [0.1, 0.15) is 13.2 Å². The first-order chi connectivity index (χ1) is 27.0. The molecule has 0 spiro atoms. The second-order valence-electron chi connectivity index (χ2n) is 15.7. The lowest BCUT2D eigenvalue weighted by Gasteiger charge is -2.18. The van der Waals surface area contributed by atoms with Gasteiger partial charge in [-0.15, -0.1) is 0 Å². The molecule has 0 aromatic rings. The first-order valence-electron chi connectivity index (χ1n) is 23.5. The zero-order valence-electron chi connectivity index (χ0n) is 36.4. The number of hydrogen-bond acceptors (Lipinski definition) is 6. The molecule has 0 amide bonds. The van der Waals surface area contributed by atoms with Gasteiger partial charge in [0, 0.05) is 19.3 Å². The maximum absolute atomic E-state index is 12.7. The van der Waals surface area contributed by atoms with Gasteiger partial charge in [-0.1, -0.05) is 173 Å². The fourth-order valence-electron chi connectivity index (χ4n) is 6.46. The van der Waals surface area contributed by atoms with E-state index in [0.717, 1.165) is 96.3 Å². The third-order valence-electron chi connectivity index (χ3n) is 10.1. The Bertz CT molecular complexity index is 938. The number of hydrogen-bond donors (Lipinski definition) is 0. The molecule has 0 aliphatic heterocycles. The topological polar surface area (TPSA) is 78.9 Å². The van der Waals surface area contributed by atoms with Gasteiger partial charge in [-0.2, -0.15) is 0 Å². The summed E-state index contributed by atoms with van der Waals surface area (Å²) in [5, 5.41) is 0. The van der Waals surface area contributed by atoms with Crippen molar-refractivity contribution in [3.63, 3.8) is 0 Å². The second-order valence-corrected chi connectivity index (χ2v) is 15.7. The van der Waals surface area contributed by atoms with Crippen LogP contribution in [-0.4, -0.2) is 37.2 Å². The summed E-state index contributed by atoms with van der Waals surface area (Å²) in [7, 11) is 0. The minimum absolute atomic E-state index is 0.0819. The van der Waals surface area contributed by atoms with Gasteiger partial charge in [-0.05, 0) is 83.5 Å². The number of carbonyl (C=O) groups excluding carboxylic acids is 3. The van der Waals surface area contributed by atoms with E-state index < -0.39 is 6.10 Å². The highest BCUT2D eigenvalue weighted by Gasteiger charge is 2.19. The lowest BCUT2D eigenvalue weighted by atomic mass is 10.1. The molecule has 0 aliphatic carbocycles. The van der Waals surface area contributed by atoms with Gasteiger partial charge in [0.25, 0.3) is 0 Å². The number of unbranched alkanes of at least 4 members (excludes halogenated alkanes) is 25. The third kappa shape index (κ3) is 42.6. The molecule has 0 aliphatic rings. The Hall–Kier alpha value is -2.37. The molecular weight excluding hydrogens is 685 g/mol. The average Bonchev–Trinajstić information content (AvgIpc) is 3.18. The van der Waals surface area contributed by atoms with E-state index >= 15 is 0 Å².